The Balaban J connectivity index is 1.27. The van der Waals surface area contributed by atoms with E-state index in [0.717, 1.165) is 11.3 Å². The topological polar surface area (TPSA) is 122 Å². The highest BCUT2D eigenvalue weighted by molar-refractivity contribution is 5.99. The van der Waals surface area contributed by atoms with E-state index >= 15 is 0 Å². The van der Waals surface area contributed by atoms with Gasteiger partial charge >= 0.3 is 0 Å². The number of nitro benzene ring substituents is 1. The normalized spacial score (nSPS) is 25.4. The van der Waals surface area contributed by atoms with Crippen LogP contribution in [0.4, 0.5) is 11.4 Å². The Labute approximate surface area is 225 Å². The largest absolute Gasteiger partial charge is 0.364 e. The van der Waals surface area contributed by atoms with E-state index in [2.05, 4.69) is 42.1 Å². The zero-order valence-corrected chi connectivity index (χ0v) is 21.8. The van der Waals surface area contributed by atoms with E-state index in [1.807, 2.05) is 24.3 Å². The van der Waals surface area contributed by atoms with Gasteiger partial charge in [-0.2, -0.15) is 0 Å². The Morgan fingerprint density at radius 3 is 2.69 bits per heavy atom. The fourth-order valence-electron chi connectivity index (χ4n) is 6.65. The van der Waals surface area contributed by atoms with Gasteiger partial charge in [0.25, 0.3) is 5.69 Å². The van der Waals surface area contributed by atoms with Gasteiger partial charge in [0.2, 0.25) is 11.8 Å². The van der Waals surface area contributed by atoms with Crippen LogP contribution < -0.4 is 10.6 Å². The Bertz CT molecular complexity index is 1510. The summed E-state index contributed by atoms with van der Waals surface area (Å²) < 4.78 is 1.75. The highest BCUT2D eigenvalue weighted by atomic mass is 16.6. The van der Waals surface area contributed by atoms with Crippen molar-refractivity contribution >= 4 is 23.2 Å². The summed E-state index contributed by atoms with van der Waals surface area (Å²) in [7, 11) is 0. The molecule has 0 radical (unpaired) electrons. The second-order valence-corrected chi connectivity index (χ2v) is 11.1. The minimum atomic E-state index is -0.767. The van der Waals surface area contributed by atoms with Gasteiger partial charge in [-0.15, -0.1) is 6.58 Å². The molecule has 0 unspecified atom stereocenters. The summed E-state index contributed by atoms with van der Waals surface area (Å²) in [6, 6.07) is 13.3. The number of imidazole rings is 1. The lowest BCUT2D eigenvalue weighted by Crippen LogP contribution is -2.65. The van der Waals surface area contributed by atoms with Crippen molar-refractivity contribution in [1.82, 2.24) is 19.8 Å². The molecule has 3 aromatic rings. The van der Waals surface area contributed by atoms with Crippen molar-refractivity contribution < 1.29 is 14.5 Å². The molecule has 2 fully saturated rings. The van der Waals surface area contributed by atoms with Gasteiger partial charge in [-0.3, -0.25) is 19.7 Å². The quantitative estimate of drug-likeness (QED) is 0.277. The number of benzene rings is 2. The lowest BCUT2D eigenvalue weighted by Gasteiger charge is -2.44. The first-order valence-corrected chi connectivity index (χ1v) is 13.0. The van der Waals surface area contributed by atoms with E-state index in [1.165, 1.54) is 6.07 Å². The van der Waals surface area contributed by atoms with Crippen molar-refractivity contribution in [2.24, 2.45) is 5.41 Å². The maximum atomic E-state index is 14.0. The van der Waals surface area contributed by atoms with Crippen molar-refractivity contribution in [2.75, 3.05) is 5.32 Å². The zero-order chi connectivity index (χ0) is 27.5. The van der Waals surface area contributed by atoms with Gasteiger partial charge in [-0.05, 0) is 23.5 Å². The minimum Gasteiger partial charge on any atom is -0.364 e. The summed E-state index contributed by atoms with van der Waals surface area (Å²) in [6.07, 6.45) is 5.61. The van der Waals surface area contributed by atoms with Crippen LogP contribution in [0.1, 0.15) is 37.1 Å². The number of carbonyl (C=O) groups is 2. The number of amides is 2. The lowest BCUT2D eigenvalue weighted by molar-refractivity contribution is -0.385. The molecule has 0 spiro atoms. The van der Waals surface area contributed by atoms with Gasteiger partial charge < -0.3 is 20.1 Å². The van der Waals surface area contributed by atoms with Gasteiger partial charge in [-0.25, -0.2) is 4.98 Å². The molecule has 4 heterocycles. The second-order valence-electron chi connectivity index (χ2n) is 11.1. The monoisotopic (exact) mass is 526 g/mol. The Morgan fingerprint density at radius 2 is 1.92 bits per heavy atom. The summed E-state index contributed by atoms with van der Waals surface area (Å²) in [5.41, 5.74) is 2.37. The van der Waals surface area contributed by atoms with Crippen LogP contribution in [0.3, 0.4) is 0 Å². The average molecular weight is 527 g/mol. The van der Waals surface area contributed by atoms with Crippen LogP contribution in [0, 0.1) is 15.5 Å². The molecule has 6 rings (SSSR count). The van der Waals surface area contributed by atoms with E-state index in [1.54, 1.807) is 40.2 Å². The van der Waals surface area contributed by atoms with E-state index in [-0.39, 0.29) is 36.6 Å². The molecule has 2 N–H and O–H groups in total. The SMILES string of the molecule is C=CC(C)(C)[C@@]12C[C@H]3C(=O)N[C@@H](Cc4cn(Cc5ccccc5[N+](=O)[O-])cn4)C(=O)N3[C@@H]1Nc1ccccc12. The zero-order valence-electron chi connectivity index (χ0n) is 21.8. The summed E-state index contributed by atoms with van der Waals surface area (Å²) in [6.45, 7) is 8.59. The molecule has 3 aliphatic rings. The van der Waals surface area contributed by atoms with E-state index < -0.39 is 27.8 Å². The molecule has 39 heavy (non-hydrogen) atoms. The smallest absolute Gasteiger partial charge is 0.274 e. The standard InChI is InChI=1S/C29H30N6O4/c1-4-28(2,3)29-14-24-25(36)31-22(26(37)34(24)27(29)32-21-11-7-6-10-20(21)29)13-19-16-33(17-30-19)15-18-9-5-8-12-23(18)35(38)39/h4-12,16-17,22,24,27,32H,1,13-15H2,2-3H3,(H,31,36)/t22-,24-,27-,29+/m0/s1. The lowest BCUT2D eigenvalue weighted by atomic mass is 9.60. The third kappa shape index (κ3) is 3.65. The first-order chi connectivity index (χ1) is 18.7. The van der Waals surface area contributed by atoms with Gasteiger partial charge in [0.05, 0.1) is 23.5 Å². The van der Waals surface area contributed by atoms with Gasteiger partial charge in [0.1, 0.15) is 18.2 Å². The van der Waals surface area contributed by atoms with Crippen LogP contribution in [0.2, 0.25) is 0 Å². The van der Waals surface area contributed by atoms with Crippen LogP contribution in [0.5, 0.6) is 0 Å². The molecule has 0 bridgehead atoms. The Kier molecular flexibility index (Phi) is 5.60. The van der Waals surface area contributed by atoms with Crippen molar-refractivity contribution in [2.45, 2.75) is 56.9 Å². The summed E-state index contributed by atoms with van der Waals surface area (Å²) >= 11 is 0. The van der Waals surface area contributed by atoms with Crippen LogP contribution >= 0.6 is 0 Å². The molecule has 0 saturated carbocycles. The molecule has 2 amide bonds. The number of rotatable bonds is 7. The first-order valence-electron chi connectivity index (χ1n) is 13.0. The highest BCUT2D eigenvalue weighted by Crippen LogP contribution is 2.60. The summed E-state index contributed by atoms with van der Waals surface area (Å²) in [5.74, 6) is -0.327. The van der Waals surface area contributed by atoms with Crippen molar-refractivity contribution in [1.29, 1.82) is 0 Å². The number of para-hydroxylation sites is 2. The molecule has 4 atom stereocenters. The molecule has 2 saturated heterocycles. The van der Waals surface area contributed by atoms with E-state index in [9.17, 15) is 19.7 Å². The first kappa shape index (κ1) is 24.8. The maximum absolute atomic E-state index is 14.0. The number of nitrogens with one attached hydrogen (secondary N) is 2. The Hall–Kier alpha value is -4.47. The number of piperazine rings is 1. The summed E-state index contributed by atoms with van der Waals surface area (Å²) in [5, 5.41) is 17.9. The number of anilines is 1. The van der Waals surface area contributed by atoms with Crippen molar-refractivity contribution in [3.8, 4) is 0 Å². The molecule has 200 valence electrons. The number of allylic oxidation sites excluding steroid dienone is 1. The molecule has 10 heteroatoms. The predicted octanol–water partition coefficient (Wildman–Crippen LogP) is 3.38. The third-order valence-corrected chi connectivity index (χ3v) is 8.77. The van der Waals surface area contributed by atoms with Gasteiger partial charge in [-0.1, -0.05) is 56.3 Å². The molecule has 1 aromatic heterocycles. The molecule has 0 aliphatic carbocycles. The van der Waals surface area contributed by atoms with Crippen LogP contribution in [0.25, 0.3) is 0 Å². The van der Waals surface area contributed by atoms with Gasteiger partial charge in [0.15, 0.2) is 0 Å². The number of nitro groups is 1. The number of fused-ring (bicyclic) bond motifs is 5. The van der Waals surface area contributed by atoms with Crippen molar-refractivity contribution in [3.05, 3.63) is 101 Å². The second kappa shape index (κ2) is 8.79. The van der Waals surface area contributed by atoms with Crippen LogP contribution in [-0.2, 0) is 28.0 Å². The van der Waals surface area contributed by atoms with Crippen LogP contribution in [0.15, 0.2) is 73.7 Å². The average Bonchev–Trinajstić information content (AvgIpc) is 3.59. The van der Waals surface area contributed by atoms with Crippen molar-refractivity contribution in [3.63, 3.8) is 0 Å². The highest BCUT2D eigenvalue weighted by Gasteiger charge is 2.67. The van der Waals surface area contributed by atoms with Crippen LogP contribution in [-0.4, -0.2) is 49.4 Å². The molecule has 10 nitrogen and oxygen atoms in total. The van der Waals surface area contributed by atoms with E-state index in [4.69, 9.17) is 0 Å². The number of nitrogens with zero attached hydrogens (tertiary/aromatic N) is 4. The predicted molar refractivity (Wildman–Crippen MR) is 145 cm³/mol. The minimum absolute atomic E-state index is 0.0403. The van der Waals surface area contributed by atoms with E-state index in [0.29, 0.717) is 17.7 Å². The number of aromatic nitrogens is 2. The molecule has 3 aliphatic heterocycles. The number of carbonyl (C=O) groups excluding carboxylic acids is 2. The summed E-state index contributed by atoms with van der Waals surface area (Å²) in [4.78, 5) is 44.5. The molecule has 2 aromatic carbocycles. The molecular weight excluding hydrogens is 496 g/mol. The third-order valence-electron chi connectivity index (χ3n) is 8.77. The maximum Gasteiger partial charge on any atom is 0.274 e. The van der Waals surface area contributed by atoms with Gasteiger partial charge in [0, 0.05) is 35.3 Å². The molecular formula is C29H30N6O4. The Morgan fingerprint density at radius 1 is 1.18 bits per heavy atom. The fraction of sp³-hybridized carbons (Fsp3) is 0.345. The number of hydrogen-bond donors (Lipinski definition) is 2. The number of hydrogen-bond acceptors (Lipinski definition) is 6. The fourth-order valence-corrected chi connectivity index (χ4v) is 6.65.